The molecule has 0 N–H and O–H groups in total. The van der Waals surface area contributed by atoms with Gasteiger partial charge in [0, 0.05) is 11.3 Å². The zero-order valence-electron chi connectivity index (χ0n) is 9.37. The summed E-state index contributed by atoms with van der Waals surface area (Å²) in [7, 11) is 0. The zero-order chi connectivity index (χ0) is 11.1. The predicted octanol–water partition coefficient (Wildman–Crippen LogP) is 2.30. The molecule has 1 aromatic rings. The van der Waals surface area contributed by atoms with Gasteiger partial charge < -0.3 is 0 Å². The number of nitriles is 1. The Morgan fingerprint density at radius 1 is 1.47 bits per heavy atom. The molecule has 0 fully saturated rings. The maximum atomic E-state index is 9.21. The van der Waals surface area contributed by atoms with E-state index >= 15 is 0 Å². The third-order valence-electron chi connectivity index (χ3n) is 2.54. The van der Waals surface area contributed by atoms with Crippen molar-refractivity contribution in [2.45, 2.75) is 38.5 Å². The van der Waals surface area contributed by atoms with E-state index < -0.39 is 0 Å². The fourth-order valence-electron chi connectivity index (χ4n) is 1.82. The van der Waals surface area contributed by atoms with Crippen molar-refractivity contribution in [1.82, 2.24) is 9.78 Å². The molecule has 0 unspecified atom stereocenters. The second-order valence-corrected chi connectivity index (χ2v) is 5.88. The number of hydrogen-bond acceptors (Lipinski definition) is 3. The van der Waals surface area contributed by atoms with Gasteiger partial charge in [-0.1, -0.05) is 0 Å². The van der Waals surface area contributed by atoms with E-state index in [1.54, 1.807) is 0 Å². The molecule has 0 atom stereocenters. The van der Waals surface area contributed by atoms with Crippen LogP contribution in [0.1, 0.15) is 37.7 Å². The van der Waals surface area contributed by atoms with E-state index in [2.05, 4.69) is 31.9 Å². The van der Waals surface area contributed by atoms with Crippen LogP contribution in [-0.4, -0.2) is 15.5 Å². The van der Waals surface area contributed by atoms with Crippen LogP contribution in [0.4, 0.5) is 0 Å². The Morgan fingerprint density at radius 3 is 2.80 bits per heavy atom. The fourth-order valence-corrected chi connectivity index (χ4v) is 2.74. The minimum absolute atomic E-state index is 0.104. The van der Waals surface area contributed by atoms with Gasteiger partial charge in [-0.05, 0) is 32.9 Å². The Labute approximate surface area is 94.5 Å². The van der Waals surface area contributed by atoms with Gasteiger partial charge in [0.2, 0.25) is 0 Å². The summed E-state index contributed by atoms with van der Waals surface area (Å²) in [6, 6.07) is 2.30. The van der Waals surface area contributed by atoms with E-state index in [0.717, 1.165) is 29.3 Å². The maximum absolute atomic E-state index is 9.21. The lowest BCUT2D eigenvalue weighted by Crippen LogP contribution is -2.24. The average molecular weight is 221 g/mol. The van der Waals surface area contributed by atoms with Crippen molar-refractivity contribution in [2.24, 2.45) is 0 Å². The number of rotatable bonds is 0. The van der Waals surface area contributed by atoms with E-state index in [1.807, 2.05) is 16.4 Å². The van der Waals surface area contributed by atoms with Crippen LogP contribution in [0.2, 0.25) is 0 Å². The highest BCUT2D eigenvalue weighted by Gasteiger charge is 2.26. The first kappa shape index (κ1) is 10.6. The van der Waals surface area contributed by atoms with E-state index in [9.17, 15) is 5.26 Å². The lowest BCUT2D eigenvalue weighted by Gasteiger charge is -2.20. The van der Waals surface area contributed by atoms with E-state index in [4.69, 9.17) is 0 Å². The molecule has 0 saturated carbocycles. The van der Waals surface area contributed by atoms with Crippen molar-refractivity contribution in [3.8, 4) is 6.07 Å². The predicted molar refractivity (Wildman–Crippen MR) is 61.8 cm³/mol. The van der Waals surface area contributed by atoms with Gasteiger partial charge in [0.05, 0.1) is 11.2 Å². The molecular weight excluding hydrogens is 206 g/mol. The number of fused-ring (bicyclic) bond motifs is 1. The number of nitrogens with zero attached hydrogens (tertiary/aromatic N) is 3. The summed E-state index contributed by atoms with van der Waals surface area (Å²) in [5.74, 6) is 2.06. The first-order chi connectivity index (χ1) is 7.04. The fraction of sp³-hybridized carbons (Fsp3) is 0.636. The van der Waals surface area contributed by atoms with Crippen LogP contribution in [0.3, 0.4) is 0 Å². The zero-order valence-corrected chi connectivity index (χ0v) is 10.2. The molecule has 4 heteroatoms. The molecule has 1 aliphatic rings. The van der Waals surface area contributed by atoms with Crippen LogP contribution in [0.15, 0.2) is 0 Å². The van der Waals surface area contributed by atoms with Gasteiger partial charge >= 0.3 is 0 Å². The average Bonchev–Trinajstić information content (AvgIpc) is 2.55. The quantitative estimate of drug-likeness (QED) is 0.675. The van der Waals surface area contributed by atoms with Crippen LogP contribution in [0.25, 0.3) is 0 Å². The van der Waals surface area contributed by atoms with Gasteiger partial charge in [-0.3, -0.25) is 0 Å². The van der Waals surface area contributed by atoms with Crippen molar-refractivity contribution < 1.29 is 0 Å². The third kappa shape index (κ3) is 1.76. The summed E-state index contributed by atoms with van der Waals surface area (Å²) in [5, 5.41) is 13.8. The molecule has 0 bridgehead atoms. The Bertz CT molecular complexity index is 420. The summed E-state index contributed by atoms with van der Waals surface area (Å²) >= 11 is 1.90. The van der Waals surface area contributed by atoms with Gasteiger partial charge in [0.15, 0.2) is 0 Å². The summed E-state index contributed by atoms with van der Waals surface area (Å²) in [4.78, 5) is 0. The third-order valence-corrected chi connectivity index (χ3v) is 3.51. The van der Waals surface area contributed by atoms with Gasteiger partial charge in [-0.25, -0.2) is 4.68 Å². The molecule has 0 radical (unpaired) electrons. The van der Waals surface area contributed by atoms with E-state index in [-0.39, 0.29) is 5.54 Å². The molecule has 80 valence electrons. The summed E-state index contributed by atoms with van der Waals surface area (Å²) < 4.78 is 1.88. The molecule has 1 aliphatic heterocycles. The van der Waals surface area contributed by atoms with Gasteiger partial charge in [-0.2, -0.15) is 22.1 Å². The Hall–Kier alpha value is -0.950. The normalized spacial score (nSPS) is 15.9. The summed E-state index contributed by atoms with van der Waals surface area (Å²) in [6.45, 7) is 6.25. The van der Waals surface area contributed by atoms with Gasteiger partial charge in [-0.15, -0.1) is 0 Å². The smallest absolute Gasteiger partial charge is 0.142 e. The largest absolute Gasteiger partial charge is 0.249 e. The molecule has 1 aromatic heterocycles. The number of hydrogen-bond donors (Lipinski definition) is 0. The minimum Gasteiger partial charge on any atom is -0.249 e. The summed E-state index contributed by atoms with van der Waals surface area (Å²) in [5.41, 5.74) is 2.94. The first-order valence-electron chi connectivity index (χ1n) is 5.13. The second kappa shape index (κ2) is 3.57. The molecule has 0 spiro atoms. The molecular formula is C11H15N3S. The number of thioether (sulfide) groups is 1. The molecule has 2 heterocycles. The van der Waals surface area contributed by atoms with Gasteiger partial charge in [0.25, 0.3) is 0 Å². The van der Waals surface area contributed by atoms with Crippen LogP contribution in [-0.2, 0) is 17.7 Å². The Balaban J connectivity index is 2.58. The molecule has 0 aliphatic carbocycles. The van der Waals surface area contributed by atoms with E-state index in [1.165, 1.54) is 5.56 Å². The molecule has 0 aromatic carbocycles. The monoisotopic (exact) mass is 221 g/mol. The van der Waals surface area contributed by atoms with Crippen LogP contribution in [0, 0.1) is 11.3 Å². The van der Waals surface area contributed by atoms with Crippen molar-refractivity contribution in [3.05, 3.63) is 17.0 Å². The highest BCUT2D eigenvalue weighted by Crippen LogP contribution is 2.29. The topological polar surface area (TPSA) is 41.6 Å². The van der Waals surface area contributed by atoms with Crippen molar-refractivity contribution in [1.29, 1.82) is 5.26 Å². The molecule has 15 heavy (non-hydrogen) atoms. The molecule has 0 amide bonds. The number of aromatic nitrogens is 2. The molecule has 0 saturated heterocycles. The SMILES string of the molecule is CC(C)(C)n1nc2c(c1C#N)CCSC2. The van der Waals surface area contributed by atoms with E-state index in [0.29, 0.717) is 0 Å². The molecule has 3 nitrogen and oxygen atoms in total. The van der Waals surface area contributed by atoms with Crippen molar-refractivity contribution >= 4 is 11.8 Å². The lowest BCUT2D eigenvalue weighted by atomic mass is 10.1. The van der Waals surface area contributed by atoms with Crippen LogP contribution >= 0.6 is 11.8 Å². The van der Waals surface area contributed by atoms with Crippen LogP contribution in [0.5, 0.6) is 0 Å². The Kier molecular flexibility index (Phi) is 2.51. The first-order valence-corrected chi connectivity index (χ1v) is 6.28. The van der Waals surface area contributed by atoms with Crippen LogP contribution < -0.4 is 0 Å². The standard InChI is InChI=1S/C11H15N3S/c1-11(2,3)14-10(6-12)8-4-5-15-7-9(8)13-14/h4-5,7H2,1-3H3. The van der Waals surface area contributed by atoms with Crippen molar-refractivity contribution in [3.63, 3.8) is 0 Å². The highest BCUT2D eigenvalue weighted by atomic mass is 32.2. The maximum Gasteiger partial charge on any atom is 0.142 e. The van der Waals surface area contributed by atoms with Gasteiger partial charge in [0.1, 0.15) is 11.8 Å². The summed E-state index contributed by atoms with van der Waals surface area (Å²) in [6.07, 6.45) is 0.985. The van der Waals surface area contributed by atoms with Crippen molar-refractivity contribution in [2.75, 3.05) is 5.75 Å². The minimum atomic E-state index is -0.104. The lowest BCUT2D eigenvalue weighted by molar-refractivity contribution is 0.350. The molecule has 2 rings (SSSR count). The Morgan fingerprint density at radius 2 is 2.20 bits per heavy atom. The highest BCUT2D eigenvalue weighted by molar-refractivity contribution is 7.98. The second-order valence-electron chi connectivity index (χ2n) is 4.77.